The van der Waals surface area contributed by atoms with Crippen molar-refractivity contribution in [2.75, 3.05) is 36.5 Å². The van der Waals surface area contributed by atoms with Gasteiger partial charge < -0.3 is 19.7 Å². The minimum absolute atomic E-state index is 0.552. The lowest BCUT2D eigenvalue weighted by Gasteiger charge is -2.41. The minimum atomic E-state index is 0.552. The quantitative estimate of drug-likeness (QED) is 0.894. The van der Waals surface area contributed by atoms with Gasteiger partial charge in [-0.1, -0.05) is 33.6 Å². The lowest BCUT2D eigenvalue weighted by molar-refractivity contribution is 0.171. The van der Waals surface area contributed by atoms with Crippen LogP contribution in [0.2, 0.25) is 0 Å². The Morgan fingerprint density at radius 2 is 1.82 bits per heavy atom. The highest BCUT2D eigenvalue weighted by molar-refractivity contribution is 5.77. The zero-order valence-corrected chi connectivity index (χ0v) is 14.0. The molecule has 0 spiro atoms. The van der Waals surface area contributed by atoms with E-state index in [0.717, 1.165) is 36.9 Å². The van der Waals surface area contributed by atoms with Crippen LogP contribution in [0.15, 0.2) is 12.1 Å². The molecule has 2 aliphatic rings. The van der Waals surface area contributed by atoms with Crippen LogP contribution < -0.4 is 19.7 Å². The molecule has 0 radical (unpaired) electrons. The van der Waals surface area contributed by atoms with E-state index in [1.54, 1.807) is 0 Å². The average Bonchev–Trinajstić information content (AvgIpc) is 2.57. The van der Waals surface area contributed by atoms with Crippen LogP contribution in [0.5, 0.6) is 11.5 Å². The van der Waals surface area contributed by atoms with E-state index < -0.39 is 0 Å². The summed E-state index contributed by atoms with van der Waals surface area (Å²) in [6.45, 7) is 10.3. The molecule has 0 fully saturated rings. The molecule has 0 saturated carbocycles. The summed E-state index contributed by atoms with van der Waals surface area (Å²) in [7, 11) is 0. The predicted molar refractivity (Wildman–Crippen MR) is 91.4 cm³/mol. The summed E-state index contributed by atoms with van der Waals surface area (Å²) in [5.41, 5.74) is 2.45. The van der Waals surface area contributed by atoms with Crippen LogP contribution in [0.25, 0.3) is 0 Å². The fraction of sp³-hybridized carbons (Fsp3) is 0.667. The van der Waals surface area contributed by atoms with Crippen LogP contribution in [0.1, 0.15) is 40.0 Å². The van der Waals surface area contributed by atoms with Crippen LogP contribution in [0.4, 0.5) is 11.4 Å². The molecule has 0 bridgehead atoms. The molecule has 3 rings (SSSR count). The van der Waals surface area contributed by atoms with E-state index in [-0.39, 0.29) is 0 Å². The summed E-state index contributed by atoms with van der Waals surface area (Å²) in [5.74, 6) is 2.50. The Morgan fingerprint density at radius 1 is 1.14 bits per heavy atom. The highest BCUT2D eigenvalue weighted by atomic mass is 16.6. The Kier molecular flexibility index (Phi) is 4.65. The Labute approximate surface area is 133 Å². The lowest BCUT2D eigenvalue weighted by atomic mass is 9.98. The van der Waals surface area contributed by atoms with Crippen molar-refractivity contribution in [2.24, 2.45) is 5.92 Å². The first kappa shape index (κ1) is 15.3. The molecule has 0 saturated heterocycles. The number of hydrogen-bond acceptors (Lipinski definition) is 4. The Hall–Kier alpha value is -1.58. The van der Waals surface area contributed by atoms with Gasteiger partial charge in [-0.25, -0.2) is 0 Å². The van der Waals surface area contributed by atoms with Gasteiger partial charge in [-0.2, -0.15) is 0 Å². The topological polar surface area (TPSA) is 33.7 Å². The maximum Gasteiger partial charge on any atom is 0.163 e. The highest BCUT2D eigenvalue weighted by Gasteiger charge is 2.28. The highest BCUT2D eigenvalue weighted by Crippen LogP contribution is 2.43. The van der Waals surface area contributed by atoms with Gasteiger partial charge in [0.25, 0.3) is 0 Å². The van der Waals surface area contributed by atoms with Gasteiger partial charge in [0.1, 0.15) is 13.2 Å². The van der Waals surface area contributed by atoms with Crippen LogP contribution in [0, 0.1) is 5.92 Å². The Morgan fingerprint density at radius 3 is 2.45 bits per heavy atom. The molecule has 4 heteroatoms. The molecule has 1 atom stereocenters. The molecule has 1 unspecified atom stereocenters. The maximum absolute atomic E-state index is 5.78. The van der Waals surface area contributed by atoms with Gasteiger partial charge in [0.05, 0.1) is 11.4 Å². The molecule has 0 aromatic heterocycles. The predicted octanol–water partition coefficient (Wildman–Crippen LogP) is 3.90. The lowest BCUT2D eigenvalue weighted by Crippen LogP contribution is -2.46. The van der Waals surface area contributed by atoms with Crippen molar-refractivity contribution < 1.29 is 9.47 Å². The van der Waals surface area contributed by atoms with Crippen molar-refractivity contribution in [2.45, 2.75) is 46.1 Å². The number of anilines is 2. The van der Waals surface area contributed by atoms with E-state index in [9.17, 15) is 0 Å². The Bertz CT molecular complexity index is 514. The van der Waals surface area contributed by atoms with Crippen molar-refractivity contribution >= 4 is 11.4 Å². The van der Waals surface area contributed by atoms with Crippen LogP contribution >= 0.6 is 0 Å². The van der Waals surface area contributed by atoms with Gasteiger partial charge in [0, 0.05) is 31.3 Å². The second kappa shape index (κ2) is 6.67. The largest absolute Gasteiger partial charge is 0.486 e. The van der Waals surface area contributed by atoms with Gasteiger partial charge in [0.15, 0.2) is 11.5 Å². The first-order chi connectivity index (χ1) is 10.8. The molecule has 4 nitrogen and oxygen atoms in total. The first-order valence-electron chi connectivity index (χ1n) is 8.70. The standard InChI is InChI=1S/C18H28N2O2/c1-4-13(5-2)12-20-14(6-3)11-19-15-9-17-18(10-16(15)20)22-8-7-21-17/h9-10,13-14,19H,4-8,11-12H2,1-3H3. The first-order valence-corrected chi connectivity index (χ1v) is 8.70. The zero-order chi connectivity index (χ0) is 15.5. The molecule has 22 heavy (non-hydrogen) atoms. The van der Waals surface area contributed by atoms with Crippen LogP contribution in [0.3, 0.4) is 0 Å². The number of nitrogens with one attached hydrogen (secondary N) is 1. The van der Waals surface area contributed by atoms with Crippen molar-refractivity contribution in [3.63, 3.8) is 0 Å². The summed E-state index contributed by atoms with van der Waals surface area (Å²) >= 11 is 0. The molecular formula is C18H28N2O2. The zero-order valence-electron chi connectivity index (χ0n) is 14.0. The number of nitrogens with zero attached hydrogens (tertiary/aromatic N) is 1. The average molecular weight is 304 g/mol. The van der Waals surface area contributed by atoms with E-state index in [4.69, 9.17) is 9.47 Å². The monoisotopic (exact) mass is 304 g/mol. The third-order valence-electron chi connectivity index (χ3n) is 5.02. The summed E-state index contributed by atoms with van der Waals surface area (Å²) in [4.78, 5) is 2.59. The second-order valence-electron chi connectivity index (χ2n) is 6.29. The molecule has 2 aliphatic heterocycles. The van der Waals surface area contributed by atoms with Crippen LogP contribution in [-0.4, -0.2) is 32.3 Å². The summed E-state index contributed by atoms with van der Waals surface area (Å²) in [6, 6.07) is 4.83. The fourth-order valence-corrected chi connectivity index (χ4v) is 3.43. The van der Waals surface area contributed by atoms with Gasteiger partial charge in [-0.05, 0) is 12.3 Å². The van der Waals surface area contributed by atoms with E-state index in [2.05, 4.69) is 43.1 Å². The number of rotatable bonds is 5. The summed E-state index contributed by atoms with van der Waals surface area (Å²) < 4.78 is 11.5. The van der Waals surface area contributed by atoms with E-state index in [1.807, 2.05) is 0 Å². The third-order valence-corrected chi connectivity index (χ3v) is 5.02. The normalized spacial score (nSPS) is 19.8. The van der Waals surface area contributed by atoms with Gasteiger partial charge in [-0.15, -0.1) is 0 Å². The molecule has 122 valence electrons. The number of benzene rings is 1. The molecule has 1 aromatic carbocycles. The minimum Gasteiger partial charge on any atom is -0.486 e. The molecule has 1 N–H and O–H groups in total. The molecule has 0 amide bonds. The summed E-state index contributed by atoms with van der Waals surface area (Å²) in [6.07, 6.45) is 3.62. The number of hydrogen-bond donors (Lipinski definition) is 1. The van der Waals surface area contributed by atoms with Gasteiger partial charge >= 0.3 is 0 Å². The molecule has 0 aliphatic carbocycles. The van der Waals surface area contributed by atoms with E-state index in [1.165, 1.54) is 24.2 Å². The van der Waals surface area contributed by atoms with Crippen molar-refractivity contribution in [3.8, 4) is 11.5 Å². The van der Waals surface area contributed by atoms with Gasteiger partial charge in [0.2, 0.25) is 0 Å². The third kappa shape index (κ3) is 2.83. The molecular weight excluding hydrogens is 276 g/mol. The van der Waals surface area contributed by atoms with Crippen LogP contribution in [-0.2, 0) is 0 Å². The van der Waals surface area contributed by atoms with Crippen molar-refractivity contribution in [1.29, 1.82) is 0 Å². The van der Waals surface area contributed by atoms with E-state index in [0.29, 0.717) is 19.3 Å². The smallest absolute Gasteiger partial charge is 0.163 e. The maximum atomic E-state index is 5.78. The SMILES string of the molecule is CCC(CC)CN1c2cc3c(cc2NCC1CC)OCCO3. The fourth-order valence-electron chi connectivity index (χ4n) is 3.43. The molecule has 2 heterocycles. The van der Waals surface area contributed by atoms with E-state index >= 15 is 0 Å². The number of fused-ring (bicyclic) bond motifs is 2. The van der Waals surface area contributed by atoms with Gasteiger partial charge in [-0.3, -0.25) is 0 Å². The number of ether oxygens (including phenoxy) is 2. The Balaban J connectivity index is 1.94. The second-order valence-corrected chi connectivity index (χ2v) is 6.29. The van der Waals surface area contributed by atoms with Crippen molar-refractivity contribution in [3.05, 3.63) is 12.1 Å². The van der Waals surface area contributed by atoms with Crippen molar-refractivity contribution in [1.82, 2.24) is 0 Å². The summed E-state index contributed by atoms with van der Waals surface area (Å²) in [5, 5.41) is 3.58. The molecule has 1 aromatic rings.